The van der Waals surface area contributed by atoms with Crippen molar-refractivity contribution in [3.63, 3.8) is 0 Å². The number of nitrogens with one attached hydrogen (secondary N) is 1. The van der Waals surface area contributed by atoms with Crippen molar-refractivity contribution in [1.29, 1.82) is 0 Å². The monoisotopic (exact) mass is 170 g/mol. The van der Waals surface area contributed by atoms with Crippen molar-refractivity contribution < 1.29 is 9.59 Å². The summed E-state index contributed by atoms with van der Waals surface area (Å²) in [6.07, 6.45) is 3.08. The number of amides is 3. The van der Waals surface area contributed by atoms with Gasteiger partial charge in [-0.2, -0.15) is 0 Å². The molecule has 1 rings (SSSR count). The van der Waals surface area contributed by atoms with Gasteiger partial charge in [-0.3, -0.25) is 9.69 Å². The SMILES string of the molecule is CCCCCN1C(=O)CNC1=O. The zero-order chi connectivity index (χ0) is 8.97. The zero-order valence-electron chi connectivity index (χ0n) is 7.30. The second-order valence-corrected chi connectivity index (χ2v) is 2.91. The van der Waals surface area contributed by atoms with E-state index in [-0.39, 0.29) is 18.5 Å². The lowest BCUT2D eigenvalue weighted by Gasteiger charge is -2.10. The minimum absolute atomic E-state index is 0.101. The lowest BCUT2D eigenvalue weighted by Crippen LogP contribution is -2.31. The van der Waals surface area contributed by atoms with Crippen molar-refractivity contribution in [2.45, 2.75) is 26.2 Å². The normalized spacial score (nSPS) is 16.9. The fraction of sp³-hybridized carbons (Fsp3) is 0.750. The lowest BCUT2D eigenvalue weighted by atomic mass is 10.2. The van der Waals surface area contributed by atoms with Gasteiger partial charge < -0.3 is 5.32 Å². The second-order valence-electron chi connectivity index (χ2n) is 2.91. The predicted octanol–water partition coefficient (Wildman–Crippen LogP) is 0.728. The first-order chi connectivity index (χ1) is 5.75. The van der Waals surface area contributed by atoms with Gasteiger partial charge in [0.2, 0.25) is 5.91 Å². The smallest absolute Gasteiger partial charge is 0.324 e. The molecule has 1 saturated heterocycles. The predicted molar refractivity (Wildman–Crippen MR) is 44.6 cm³/mol. The summed E-state index contributed by atoms with van der Waals surface area (Å²) in [4.78, 5) is 23.3. The van der Waals surface area contributed by atoms with Crippen molar-refractivity contribution in [2.24, 2.45) is 0 Å². The molecular weight excluding hydrogens is 156 g/mol. The van der Waals surface area contributed by atoms with Gasteiger partial charge in [-0.1, -0.05) is 19.8 Å². The van der Waals surface area contributed by atoms with Crippen molar-refractivity contribution in [3.8, 4) is 0 Å². The molecule has 4 heteroatoms. The molecule has 0 radical (unpaired) electrons. The van der Waals surface area contributed by atoms with Gasteiger partial charge in [-0.15, -0.1) is 0 Å². The lowest BCUT2D eigenvalue weighted by molar-refractivity contribution is -0.125. The summed E-state index contributed by atoms with van der Waals surface area (Å²) in [5.41, 5.74) is 0. The van der Waals surface area contributed by atoms with Crippen LogP contribution in [0.15, 0.2) is 0 Å². The van der Waals surface area contributed by atoms with Crippen LogP contribution in [0.3, 0.4) is 0 Å². The first-order valence-electron chi connectivity index (χ1n) is 4.34. The van der Waals surface area contributed by atoms with E-state index >= 15 is 0 Å². The number of urea groups is 1. The van der Waals surface area contributed by atoms with Gasteiger partial charge in [0.1, 0.15) is 0 Å². The summed E-state index contributed by atoms with van der Waals surface area (Å²) in [5.74, 6) is -0.101. The Bertz CT molecular complexity index is 175. The Kier molecular flexibility index (Phi) is 3.08. The van der Waals surface area contributed by atoms with E-state index < -0.39 is 0 Å². The molecule has 0 aromatic heterocycles. The van der Waals surface area contributed by atoms with Gasteiger partial charge in [-0.05, 0) is 6.42 Å². The Labute approximate surface area is 71.9 Å². The van der Waals surface area contributed by atoms with Crippen molar-refractivity contribution in [3.05, 3.63) is 0 Å². The number of nitrogens with zero attached hydrogens (tertiary/aromatic N) is 1. The molecule has 1 fully saturated rings. The molecule has 1 N–H and O–H groups in total. The summed E-state index contributed by atoms with van der Waals surface area (Å²) in [6, 6.07) is -0.240. The molecular formula is C8H14N2O2. The third-order valence-electron chi connectivity index (χ3n) is 1.92. The first kappa shape index (κ1) is 9.03. The summed E-state index contributed by atoms with van der Waals surface area (Å²) < 4.78 is 0. The highest BCUT2D eigenvalue weighted by atomic mass is 16.2. The van der Waals surface area contributed by atoms with Crippen LogP contribution in [0.1, 0.15) is 26.2 Å². The van der Waals surface area contributed by atoms with Gasteiger partial charge in [-0.25, -0.2) is 4.79 Å². The summed E-state index contributed by atoms with van der Waals surface area (Å²) >= 11 is 0. The Morgan fingerprint density at radius 3 is 2.67 bits per heavy atom. The van der Waals surface area contributed by atoms with Gasteiger partial charge in [0.05, 0.1) is 6.54 Å². The van der Waals surface area contributed by atoms with Gasteiger partial charge in [0.25, 0.3) is 0 Å². The van der Waals surface area contributed by atoms with Gasteiger partial charge in [0, 0.05) is 6.54 Å². The largest absolute Gasteiger partial charge is 0.329 e. The van der Waals surface area contributed by atoms with Crippen LogP contribution in [0.25, 0.3) is 0 Å². The van der Waals surface area contributed by atoms with Crippen LogP contribution in [0, 0.1) is 0 Å². The van der Waals surface area contributed by atoms with Crippen molar-refractivity contribution in [2.75, 3.05) is 13.1 Å². The Hall–Kier alpha value is -1.06. The van der Waals surface area contributed by atoms with E-state index in [0.717, 1.165) is 19.3 Å². The van der Waals surface area contributed by atoms with Crippen LogP contribution in [-0.2, 0) is 4.79 Å². The van der Waals surface area contributed by atoms with E-state index in [0.29, 0.717) is 6.54 Å². The van der Waals surface area contributed by atoms with E-state index in [2.05, 4.69) is 12.2 Å². The van der Waals surface area contributed by atoms with Crippen LogP contribution in [0.4, 0.5) is 4.79 Å². The minimum Gasteiger partial charge on any atom is -0.329 e. The van der Waals surface area contributed by atoms with Crippen LogP contribution < -0.4 is 5.32 Å². The zero-order valence-corrected chi connectivity index (χ0v) is 7.30. The molecule has 0 aromatic rings. The number of unbranched alkanes of at least 4 members (excludes halogenated alkanes) is 2. The highest BCUT2D eigenvalue weighted by Crippen LogP contribution is 2.02. The first-order valence-corrected chi connectivity index (χ1v) is 4.34. The number of hydrogen-bond donors (Lipinski definition) is 1. The summed E-state index contributed by atoms with van der Waals surface area (Å²) in [6.45, 7) is 2.83. The molecule has 12 heavy (non-hydrogen) atoms. The van der Waals surface area contributed by atoms with E-state index in [9.17, 15) is 9.59 Å². The quantitative estimate of drug-likeness (QED) is 0.499. The molecule has 0 aromatic carbocycles. The minimum atomic E-state index is -0.240. The molecule has 3 amide bonds. The number of rotatable bonds is 4. The highest BCUT2D eigenvalue weighted by molar-refractivity contribution is 6.01. The molecule has 1 heterocycles. The van der Waals surface area contributed by atoms with E-state index in [4.69, 9.17) is 0 Å². The van der Waals surface area contributed by atoms with Crippen molar-refractivity contribution in [1.82, 2.24) is 10.2 Å². The Morgan fingerprint density at radius 1 is 1.42 bits per heavy atom. The maximum absolute atomic E-state index is 11.0. The number of carbonyl (C=O) groups is 2. The average molecular weight is 170 g/mol. The standard InChI is InChI=1S/C8H14N2O2/c1-2-3-4-5-10-7(11)6-9-8(10)12/h2-6H2,1H3,(H,9,12). The average Bonchev–Trinajstić information content (AvgIpc) is 2.35. The van der Waals surface area contributed by atoms with Crippen LogP contribution >= 0.6 is 0 Å². The fourth-order valence-electron chi connectivity index (χ4n) is 1.20. The Balaban J connectivity index is 2.30. The number of imide groups is 1. The summed E-state index contributed by atoms with van der Waals surface area (Å²) in [7, 11) is 0. The molecule has 0 unspecified atom stereocenters. The molecule has 4 nitrogen and oxygen atoms in total. The van der Waals surface area contributed by atoms with Crippen LogP contribution in [-0.4, -0.2) is 29.9 Å². The molecule has 0 bridgehead atoms. The van der Waals surface area contributed by atoms with Gasteiger partial charge in [0.15, 0.2) is 0 Å². The summed E-state index contributed by atoms with van der Waals surface area (Å²) in [5, 5.41) is 2.48. The van der Waals surface area contributed by atoms with Crippen LogP contribution in [0.5, 0.6) is 0 Å². The maximum atomic E-state index is 11.0. The van der Waals surface area contributed by atoms with Crippen LogP contribution in [0.2, 0.25) is 0 Å². The van der Waals surface area contributed by atoms with E-state index in [1.54, 1.807) is 0 Å². The maximum Gasteiger partial charge on any atom is 0.324 e. The van der Waals surface area contributed by atoms with Crippen molar-refractivity contribution >= 4 is 11.9 Å². The molecule has 1 aliphatic rings. The number of hydrogen-bond acceptors (Lipinski definition) is 2. The van der Waals surface area contributed by atoms with E-state index in [1.807, 2.05) is 0 Å². The third-order valence-corrected chi connectivity index (χ3v) is 1.92. The fourth-order valence-corrected chi connectivity index (χ4v) is 1.20. The third kappa shape index (κ3) is 1.96. The molecule has 0 saturated carbocycles. The molecule has 1 aliphatic heterocycles. The van der Waals surface area contributed by atoms with E-state index in [1.165, 1.54) is 4.90 Å². The topological polar surface area (TPSA) is 49.4 Å². The molecule has 0 atom stereocenters. The highest BCUT2D eigenvalue weighted by Gasteiger charge is 2.27. The molecule has 68 valence electrons. The number of carbonyl (C=O) groups excluding carboxylic acids is 2. The molecule has 0 aliphatic carbocycles. The van der Waals surface area contributed by atoms with Gasteiger partial charge >= 0.3 is 6.03 Å². The second kappa shape index (κ2) is 4.09. The molecule has 0 spiro atoms. The Morgan fingerprint density at radius 2 is 2.17 bits per heavy atom.